The molecule has 1 aliphatic heterocycles. The molecule has 1 saturated heterocycles. The number of hydrogen-bond donors (Lipinski definition) is 4. The number of carbonyl (C=O) groups is 1. The molecule has 0 bridgehead atoms. The van der Waals surface area contributed by atoms with Gasteiger partial charge >= 0.3 is 13.1 Å². The van der Waals surface area contributed by atoms with Gasteiger partial charge in [-0.3, -0.25) is 29.9 Å². The van der Waals surface area contributed by atoms with E-state index in [1.807, 2.05) is 179 Å². The first-order chi connectivity index (χ1) is 53.4. The fourth-order valence-corrected chi connectivity index (χ4v) is 13.8. The highest BCUT2D eigenvalue weighted by Crippen LogP contribution is 2.45. The van der Waals surface area contributed by atoms with Crippen LogP contribution in [0, 0.1) is 26.2 Å². The van der Waals surface area contributed by atoms with E-state index in [0.29, 0.717) is 63.8 Å². The molecule has 0 aliphatic carbocycles. The fourth-order valence-electron chi connectivity index (χ4n) is 12.5. The number of hydrogen-bond acceptors (Lipinski definition) is 17. The minimum absolute atomic E-state index is 0.0817. The van der Waals surface area contributed by atoms with Gasteiger partial charge in [0.2, 0.25) is 0 Å². The zero-order chi connectivity index (χ0) is 76.7. The lowest BCUT2D eigenvalue weighted by Crippen LogP contribution is -2.41. The van der Waals surface area contributed by atoms with Gasteiger partial charge in [0.05, 0.1) is 68.2 Å². The summed E-state index contributed by atoms with van der Waals surface area (Å²) in [4.78, 5) is 51.1. The second-order valence-electron chi connectivity index (χ2n) is 26.2. The third kappa shape index (κ3) is 17.5. The highest BCUT2D eigenvalue weighted by Gasteiger charge is 2.52. The van der Waals surface area contributed by atoms with E-state index in [1.165, 1.54) is 18.6 Å². The van der Waals surface area contributed by atoms with Gasteiger partial charge in [-0.05, 0) is 149 Å². The van der Waals surface area contributed by atoms with Gasteiger partial charge in [0.25, 0.3) is 0 Å². The number of nitriles is 2. The van der Waals surface area contributed by atoms with Crippen molar-refractivity contribution in [1.29, 1.82) is 10.5 Å². The summed E-state index contributed by atoms with van der Waals surface area (Å²) in [5.74, 6) is 1.02. The SMILES string of the molecule is CC1(C)OB(c2cncc(C#N)c2)OC1(C)C.Clc1nc(NCc2ccccn2)c2c(-c3ccccc3)cccc2c1I.N#Cc1cncc(-c2c(Cl)nc(NCc3ccccn3)c3c(-c4ccccc4)cccc23)c1.O=C(O)c1cncc(-c2c(Cl)nc(NCc3ccccn3)c3c(-c4ccccc4)cccc23)c1. The van der Waals surface area contributed by atoms with Crippen LogP contribution >= 0.6 is 57.4 Å². The summed E-state index contributed by atoms with van der Waals surface area (Å²) in [7, 11) is -0.458. The number of fused-ring (bicyclic) bond motifs is 3. The summed E-state index contributed by atoms with van der Waals surface area (Å²) in [6.07, 6.45) is 14.7. The predicted octanol–water partition coefficient (Wildman–Crippen LogP) is 20.2. The summed E-state index contributed by atoms with van der Waals surface area (Å²) in [6, 6.07) is 75.6. The van der Waals surface area contributed by atoms with E-state index < -0.39 is 13.1 Å². The van der Waals surface area contributed by atoms with Crippen molar-refractivity contribution in [2.24, 2.45) is 0 Å². The zero-order valence-electron chi connectivity index (χ0n) is 59.8. The second-order valence-corrected chi connectivity index (χ2v) is 28.3. The molecular weight excluding hydrogens is 1550 g/mol. The van der Waals surface area contributed by atoms with E-state index in [0.717, 1.165) is 109 Å². The molecule has 1 fully saturated rings. The largest absolute Gasteiger partial charge is 0.496 e. The number of benzene rings is 6. The van der Waals surface area contributed by atoms with Crippen molar-refractivity contribution >= 4 is 126 Å². The van der Waals surface area contributed by atoms with Crippen LogP contribution in [0.25, 0.3) is 88.0 Å². The normalized spacial score (nSPS) is 12.4. The lowest BCUT2D eigenvalue weighted by molar-refractivity contribution is 0.00578. The number of aromatic nitrogens is 9. The topological polar surface area (TPSA) is 255 Å². The van der Waals surface area contributed by atoms with E-state index in [4.69, 9.17) is 59.3 Å². The number of pyridine rings is 9. The Morgan fingerprint density at radius 1 is 0.445 bits per heavy atom. The zero-order valence-corrected chi connectivity index (χ0v) is 64.2. The highest BCUT2D eigenvalue weighted by atomic mass is 127. The van der Waals surface area contributed by atoms with Gasteiger partial charge < -0.3 is 30.4 Å². The Labute approximate surface area is 664 Å². The number of aromatic carboxylic acids is 1. The molecule has 23 heteroatoms. The molecule has 0 spiro atoms. The Bertz CT molecular complexity index is 5880. The quantitative estimate of drug-likeness (QED) is 0.0398. The van der Waals surface area contributed by atoms with Crippen molar-refractivity contribution in [2.75, 3.05) is 16.0 Å². The molecule has 4 N–H and O–H groups in total. The summed E-state index contributed by atoms with van der Waals surface area (Å²) < 4.78 is 12.7. The number of nitrogens with zero attached hydrogens (tertiary/aromatic N) is 11. The molecule has 16 rings (SSSR count). The molecular formula is C87H67BCl3IN14O4. The van der Waals surface area contributed by atoms with Crippen LogP contribution in [0.4, 0.5) is 17.5 Å². The molecule has 0 saturated carbocycles. The van der Waals surface area contributed by atoms with Gasteiger partial charge in [-0.2, -0.15) is 10.5 Å². The van der Waals surface area contributed by atoms with E-state index in [1.54, 1.807) is 55.4 Å². The molecule has 0 atom stereocenters. The molecule has 0 radical (unpaired) electrons. The van der Waals surface area contributed by atoms with E-state index in [2.05, 4.69) is 134 Å². The Morgan fingerprint density at radius 3 is 1.23 bits per heavy atom. The van der Waals surface area contributed by atoms with E-state index >= 15 is 0 Å². The first-order valence-electron chi connectivity index (χ1n) is 34.8. The fraction of sp³-hybridized carbons (Fsp3) is 0.103. The van der Waals surface area contributed by atoms with Crippen molar-refractivity contribution in [3.63, 3.8) is 0 Å². The standard InChI is InChI=1S/C27H18ClN5.C27H19ClN4O2.C21H15ClIN3.C12H15BN2O2/c28-26-24(20-13-18(14-29)15-30-16-20)23-11-6-10-22(19-7-2-1-3-8-19)25(23)27(33-26)32-17-21-9-4-5-12-31-21;28-25-23(18-13-19(27(33)34)15-29-14-18)22-11-6-10-21(17-7-2-1-3-8-17)24(22)26(32-25)31-16-20-9-4-5-12-30-20;22-20-19(23)17-11-6-10-16(14-7-2-1-3-8-14)18(17)21(26-20)25-13-15-9-4-5-12-24-15;1-11(2)12(3,4)17-13(16-11)10-5-9(6-14)7-15-8-10/h1-13,15-16H,17H2,(H,32,33);1-15H,16H2,(H,31,32)(H,33,34);1-12H,13H2,(H,25,26);5,7-8H,1-4H3. The first-order valence-corrected chi connectivity index (χ1v) is 37.0. The third-order valence-corrected chi connectivity index (χ3v) is 20.7. The predicted molar refractivity (Wildman–Crippen MR) is 447 cm³/mol. The van der Waals surface area contributed by atoms with Crippen LogP contribution in [0.3, 0.4) is 0 Å². The monoisotopic (exact) mass is 1610 g/mol. The minimum Gasteiger partial charge on any atom is -0.478 e. The van der Waals surface area contributed by atoms with Crippen molar-refractivity contribution in [1.82, 2.24) is 44.9 Å². The highest BCUT2D eigenvalue weighted by molar-refractivity contribution is 14.1. The van der Waals surface area contributed by atoms with Crippen molar-refractivity contribution in [3.8, 4) is 67.8 Å². The van der Waals surface area contributed by atoms with Crippen LogP contribution < -0.4 is 21.4 Å². The first kappa shape index (κ1) is 76.1. The second kappa shape index (κ2) is 34.8. The maximum atomic E-state index is 11.5. The Balaban J connectivity index is 0.000000132. The third-order valence-electron chi connectivity index (χ3n) is 18.5. The van der Waals surface area contributed by atoms with Gasteiger partial charge in [-0.25, -0.2) is 19.7 Å². The van der Waals surface area contributed by atoms with Crippen LogP contribution in [0.1, 0.15) is 66.3 Å². The van der Waals surface area contributed by atoms with Crippen LogP contribution in [0.15, 0.2) is 274 Å². The number of halogens is 4. The summed E-state index contributed by atoms with van der Waals surface area (Å²) >= 11 is 22.1. The van der Waals surface area contributed by atoms with Gasteiger partial charge in [0.1, 0.15) is 45.1 Å². The average molecular weight is 1620 g/mol. The van der Waals surface area contributed by atoms with Gasteiger partial charge in [0.15, 0.2) is 0 Å². The van der Waals surface area contributed by atoms with Gasteiger partial charge in [0, 0.05) is 105 Å². The number of anilines is 3. The lowest BCUT2D eigenvalue weighted by atomic mass is 9.80. The summed E-state index contributed by atoms with van der Waals surface area (Å²) in [5.41, 5.74) is 12.9. The van der Waals surface area contributed by atoms with Gasteiger partial charge in [-0.15, -0.1) is 0 Å². The van der Waals surface area contributed by atoms with Crippen molar-refractivity contribution in [2.45, 2.75) is 58.5 Å². The Hall–Kier alpha value is -12.1. The van der Waals surface area contributed by atoms with E-state index in [-0.39, 0.29) is 21.9 Å². The molecule has 10 heterocycles. The smallest absolute Gasteiger partial charge is 0.478 e. The lowest BCUT2D eigenvalue weighted by Gasteiger charge is -2.32. The molecule has 6 aromatic carbocycles. The molecule has 110 heavy (non-hydrogen) atoms. The van der Waals surface area contributed by atoms with Crippen LogP contribution in [0.5, 0.6) is 0 Å². The number of carboxylic acids is 1. The maximum Gasteiger partial charge on any atom is 0.496 e. The summed E-state index contributed by atoms with van der Waals surface area (Å²) in [6.45, 7) is 9.54. The number of carboxylic acid groups (broad SMARTS) is 1. The molecule has 1 aliphatic rings. The average Bonchev–Trinajstić information content (AvgIpc) is 1.10. The number of nitrogens with one attached hydrogen (secondary N) is 3. The Morgan fingerprint density at radius 2 is 0.818 bits per heavy atom. The molecule has 0 amide bonds. The minimum atomic E-state index is -1.05. The maximum absolute atomic E-state index is 11.5. The van der Waals surface area contributed by atoms with Crippen LogP contribution in [-0.4, -0.2) is 74.3 Å². The van der Waals surface area contributed by atoms with E-state index in [9.17, 15) is 15.2 Å². The van der Waals surface area contributed by atoms with Crippen molar-refractivity contribution in [3.05, 3.63) is 327 Å². The molecule has 540 valence electrons. The molecule has 0 unspecified atom stereocenters. The number of rotatable bonds is 16. The van der Waals surface area contributed by atoms with Crippen molar-refractivity contribution < 1.29 is 19.2 Å². The van der Waals surface area contributed by atoms with Crippen LogP contribution in [0.2, 0.25) is 15.5 Å². The van der Waals surface area contributed by atoms with Gasteiger partial charge in [-0.1, -0.05) is 199 Å². The summed E-state index contributed by atoms with van der Waals surface area (Å²) in [5, 5.41) is 44.7. The molecule has 18 nitrogen and oxygen atoms in total. The molecule has 15 aromatic rings. The van der Waals surface area contributed by atoms with Crippen LogP contribution in [-0.2, 0) is 28.9 Å². The Kier molecular flexibility index (Phi) is 24.1. The molecule has 9 aromatic heterocycles.